The quantitative estimate of drug-likeness (QED) is 0.156. The van der Waals surface area contributed by atoms with E-state index >= 15 is 0 Å². The highest BCUT2D eigenvalue weighted by atomic mass is 16.3. The summed E-state index contributed by atoms with van der Waals surface area (Å²) >= 11 is 0. The van der Waals surface area contributed by atoms with Crippen molar-refractivity contribution in [1.29, 1.82) is 0 Å². The Hall–Kier alpha value is -9.71. The summed E-state index contributed by atoms with van der Waals surface area (Å²) in [5, 5.41) is 14.6. The molecule has 3 heterocycles. The van der Waals surface area contributed by atoms with Crippen LogP contribution >= 0.6 is 0 Å². The second kappa shape index (κ2) is 15.9. The summed E-state index contributed by atoms with van der Waals surface area (Å²) in [6.45, 7) is 0. The molecule has 12 aromatic carbocycles. The minimum absolute atomic E-state index is 0.575. The molecule has 0 atom stereocenters. The number of furan rings is 1. The van der Waals surface area contributed by atoms with Gasteiger partial charge in [0.1, 0.15) is 11.2 Å². The summed E-state index contributed by atoms with van der Waals surface area (Å²) in [6, 6.07) is 86.5. The van der Waals surface area contributed by atoms with Crippen LogP contribution in [0.2, 0.25) is 0 Å². The molecule has 5 heteroatoms. The van der Waals surface area contributed by atoms with E-state index in [1.807, 2.05) is 30.3 Å². The van der Waals surface area contributed by atoms with Gasteiger partial charge in [-0.05, 0) is 126 Å². The van der Waals surface area contributed by atoms with Gasteiger partial charge in [-0.25, -0.2) is 15.0 Å². The predicted octanol–water partition coefficient (Wildman–Crippen LogP) is 17.8. The Morgan fingerprint density at radius 1 is 0.264 bits per heavy atom. The molecule has 15 rings (SSSR count). The Labute approximate surface area is 413 Å². The van der Waals surface area contributed by atoms with Crippen LogP contribution in [0.5, 0.6) is 0 Å². The zero-order valence-electron chi connectivity index (χ0n) is 38.8. The van der Waals surface area contributed by atoms with Crippen molar-refractivity contribution in [1.82, 2.24) is 19.5 Å². The normalized spacial score (nSPS) is 11.9. The first-order chi connectivity index (χ1) is 35.7. The maximum atomic E-state index is 6.63. The van der Waals surface area contributed by atoms with Gasteiger partial charge in [0.05, 0.1) is 11.0 Å². The summed E-state index contributed by atoms with van der Waals surface area (Å²) in [6.07, 6.45) is 0. The first kappa shape index (κ1) is 40.2. The minimum Gasteiger partial charge on any atom is -0.456 e. The van der Waals surface area contributed by atoms with Gasteiger partial charge in [0.25, 0.3) is 0 Å². The number of hydrogen-bond donors (Lipinski definition) is 0. The van der Waals surface area contributed by atoms with Crippen LogP contribution < -0.4 is 0 Å². The first-order valence-corrected chi connectivity index (χ1v) is 24.4. The fourth-order valence-corrected chi connectivity index (χ4v) is 11.2. The van der Waals surface area contributed by atoms with Crippen LogP contribution in [0.15, 0.2) is 247 Å². The fraction of sp³-hybridized carbons (Fsp3) is 0. The molecule has 0 radical (unpaired) electrons. The highest BCUT2D eigenvalue weighted by molar-refractivity contribution is 6.26. The molecule has 0 aliphatic carbocycles. The number of para-hydroxylation sites is 1. The molecular formula is C67H40N4O. The number of aromatic nitrogens is 4. The zero-order valence-corrected chi connectivity index (χ0v) is 38.8. The molecule has 0 saturated heterocycles. The Morgan fingerprint density at radius 2 is 0.764 bits per heavy atom. The second-order valence-corrected chi connectivity index (χ2v) is 18.7. The van der Waals surface area contributed by atoms with Gasteiger partial charge in [-0.1, -0.05) is 182 Å². The van der Waals surface area contributed by atoms with Crippen LogP contribution in [0.1, 0.15) is 0 Å². The molecule has 5 nitrogen and oxygen atoms in total. The van der Waals surface area contributed by atoms with E-state index in [9.17, 15) is 0 Å². The molecule has 0 N–H and O–H groups in total. The van der Waals surface area contributed by atoms with E-state index in [1.165, 1.54) is 64.9 Å². The maximum absolute atomic E-state index is 6.63. The fourth-order valence-electron chi connectivity index (χ4n) is 11.2. The Bertz CT molecular complexity index is 4650. The standard InChI is InChI=1S/C67H40N4O/c1-3-15-42(16-4-1)65-68-66(47-18-13-17-43(36-47)44-26-31-55-53-24-10-9-22-51(53)52-23-11-12-25-54(52)58(55)37-44)70-67(69-65)48-28-32-56-59-38-45(30-35-62(59)72-63(56)40-48)46-27-33-57-61(39-46)71(49-19-5-2-6-20-49)60-34-29-41-14-7-8-21-50(41)64(57)60/h1-40H. The lowest BCUT2D eigenvalue weighted by Crippen LogP contribution is -2.00. The predicted molar refractivity (Wildman–Crippen MR) is 299 cm³/mol. The van der Waals surface area contributed by atoms with Gasteiger partial charge < -0.3 is 8.98 Å². The summed E-state index contributed by atoms with van der Waals surface area (Å²) in [5.74, 6) is 1.78. The van der Waals surface area contributed by atoms with Crippen LogP contribution in [0, 0.1) is 0 Å². The number of nitrogens with zero attached hydrogens (tertiary/aromatic N) is 4. The number of rotatable bonds is 6. The lowest BCUT2D eigenvalue weighted by atomic mass is 9.92. The van der Waals surface area contributed by atoms with Crippen molar-refractivity contribution >= 4 is 86.8 Å². The maximum Gasteiger partial charge on any atom is 0.164 e. The van der Waals surface area contributed by atoms with E-state index in [-0.39, 0.29) is 0 Å². The average molecular weight is 917 g/mol. The lowest BCUT2D eigenvalue weighted by Gasteiger charge is -2.13. The summed E-state index contributed by atoms with van der Waals surface area (Å²) in [7, 11) is 0. The second-order valence-electron chi connectivity index (χ2n) is 18.7. The molecule has 0 bridgehead atoms. The third-order valence-corrected chi connectivity index (χ3v) is 14.6. The molecule has 0 aliphatic rings. The van der Waals surface area contributed by atoms with Gasteiger partial charge in [-0.15, -0.1) is 0 Å². The van der Waals surface area contributed by atoms with Gasteiger partial charge in [0, 0.05) is 43.9 Å². The molecule has 0 saturated carbocycles. The van der Waals surface area contributed by atoms with Crippen molar-refractivity contribution in [2.45, 2.75) is 0 Å². The third kappa shape index (κ3) is 6.38. The smallest absolute Gasteiger partial charge is 0.164 e. The van der Waals surface area contributed by atoms with Gasteiger partial charge in [-0.3, -0.25) is 0 Å². The van der Waals surface area contributed by atoms with E-state index in [1.54, 1.807) is 0 Å². The lowest BCUT2D eigenvalue weighted by molar-refractivity contribution is 0.669. The van der Waals surface area contributed by atoms with E-state index in [2.05, 4.69) is 217 Å². The molecule has 0 amide bonds. The number of hydrogen-bond acceptors (Lipinski definition) is 4. The monoisotopic (exact) mass is 916 g/mol. The Kier molecular flexibility index (Phi) is 8.89. The van der Waals surface area contributed by atoms with Gasteiger partial charge in [0.2, 0.25) is 0 Å². The molecule has 3 aromatic heterocycles. The van der Waals surface area contributed by atoms with E-state index < -0.39 is 0 Å². The largest absolute Gasteiger partial charge is 0.456 e. The van der Waals surface area contributed by atoms with E-state index in [0.29, 0.717) is 17.5 Å². The van der Waals surface area contributed by atoms with Crippen LogP contribution in [-0.2, 0) is 0 Å². The summed E-state index contributed by atoms with van der Waals surface area (Å²) in [4.78, 5) is 15.4. The first-order valence-electron chi connectivity index (χ1n) is 24.4. The SMILES string of the molecule is c1ccc(-c2nc(-c3cccc(-c4ccc5c6ccccc6c6ccccc6c5c4)c3)nc(-c3ccc4c(c3)oc3ccc(-c5ccc6c7c8ccccc8ccc7n(-c7ccccc7)c6c5)cc34)n2)cc1. The highest BCUT2D eigenvalue weighted by Crippen LogP contribution is 2.42. The Balaban J connectivity index is 0.826. The van der Waals surface area contributed by atoms with Crippen molar-refractivity contribution < 1.29 is 4.42 Å². The molecule has 0 spiro atoms. The molecule has 15 aromatic rings. The van der Waals surface area contributed by atoms with Gasteiger partial charge >= 0.3 is 0 Å². The molecule has 0 fully saturated rings. The third-order valence-electron chi connectivity index (χ3n) is 14.6. The molecule has 0 unspecified atom stereocenters. The van der Waals surface area contributed by atoms with Crippen molar-refractivity contribution in [3.05, 3.63) is 243 Å². The summed E-state index contributed by atoms with van der Waals surface area (Å²) < 4.78 is 9.03. The Morgan fingerprint density at radius 3 is 1.50 bits per heavy atom. The van der Waals surface area contributed by atoms with Crippen LogP contribution in [0.4, 0.5) is 0 Å². The number of benzene rings is 12. The van der Waals surface area contributed by atoms with Crippen molar-refractivity contribution in [2.24, 2.45) is 0 Å². The number of fused-ring (bicyclic) bond motifs is 14. The average Bonchev–Trinajstić information content (AvgIpc) is 4.00. The van der Waals surface area contributed by atoms with Crippen LogP contribution in [0.3, 0.4) is 0 Å². The minimum atomic E-state index is 0.575. The molecule has 334 valence electrons. The van der Waals surface area contributed by atoms with Gasteiger partial charge in [0.15, 0.2) is 17.5 Å². The van der Waals surface area contributed by atoms with E-state index in [4.69, 9.17) is 19.4 Å². The highest BCUT2D eigenvalue weighted by Gasteiger charge is 2.19. The van der Waals surface area contributed by atoms with Crippen molar-refractivity contribution in [3.8, 4) is 62.1 Å². The van der Waals surface area contributed by atoms with Crippen molar-refractivity contribution in [2.75, 3.05) is 0 Å². The van der Waals surface area contributed by atoms with Crippen LogP contribution in [0.25, 0.3) is 149 Å². The topological polar surface area (TPSA) is 56.7 Å². The van der Waals surface area contributed by atoms with Gasteiger partial charge in [-0.2, -0.15) is 0 Å². The zero-order chi connectivity index (χ0) is 47.3. The van der Waals surface area contributed by atoms with Crippen molar-refractivity contribution in [3.63, 3.8) is 0 Å². The van der Waals surface area contributed by atoms with Crippen LogP contribution in [-0.4, -0.2) is 19.5 Å². The molecular weight excluding hydrogens is 877 g/mol. The molecule has 72 heavy (non-hydrogen) atoms. The summed E-state index contributed by atoms with van der Waals surface area (Å²) in [5.41, 5.74) is 12.2. The molecule has 0 aliphatic heterocycles. The van der Waals surface area contributed by atoms with E-state index in [0.717, 1.165) is 66.6 Å².